The van der Waals surface area contributed by atoms with Crippen LogP contribution in [0.3, 0.4) is 0 Å². The Kier molecular flexibility index (Phi) is 6.58. The molecule has 15 heavy (non-hydrogen) atoms. The Morgan fingerprint density at radius 3 is 2.53 bits per heavy atom. The van der Waals surface area contributed by atoms with E-state index in [9.17, 15) is 0 Å². The Balaban J connectivity index is 4.47. The van der Waals surface area contributed by atoms with Gasteiger partial charge in [-0.15, -0.1) is 6.42 Å². The molecule has 0 aromatic rings. The number of nitrogens with two attached hydrogens (primary N) is 1. The van der Waals surface area contributed by atoms with Crippen molar-refractivity contribution >= 4 is 0 Å². The van der Waals surface area contributed by atoms with E-state index in [0.29, 0.717) is 6.54 Å². The summed E-state index contributed by atoms with van der Waals surface area (Å²) in [7, 11) is 1.69. The number of hydrogen-bond donors (Lipinski definition) is 2. The van der Waals surface area contributed by atoms with Gasteiger partial charge in [-0.05, 0) is 20.3 Å². The fourth-order valence-corrected chi connectivity index (χ4v) is 1.49. The van der Waals surface area contributed by atoms with Crippen molar-refractivity contribution in [2.24, 2.45) is 5.73 Å². The molecule has 0 amide bonds. The summed E-state index contributed by atoms with van der Waals surface area (Å²) < 4.78 is 5.32. The lowest BCUT2D eigenvalue weighted by Gasteiger charge is -2.37. The second-order valence-electron chi connectivity index (χ2n) is 4.15. The highest BCUT2D eigenvalue weighted by Crippen LogP contribution is 2.13. The molecule has 0 aromatic carbocycles. The first-order valence-corrected chi connectivity index (χ1v) is 5.50. The average Bonchev–Trinajstić information content (AvgIpc) is 2.26. The van der Waals surface area contributed by atoms with Crippen molar-refractivity contribution < 1.29 is 4.74 Å². The minimum absolute atomic E-state index is 0.0372. The lowest BCUT2D eigenvalue weighted by atomic mass is 9.94. The number of ether oxygens (including phenoxy) is 1. The second kappa shape index (κ2) is 6.84. The average molecular weight is 212 g/mol. The van der Waals surface area contributed by atoms with Crippen molar-refractivity contribution in [1.82, 2.24) is 5.32 Å². The molecule has 3 heteroatoms. The van der Waals surface area contributed by atoms with Crippen LogP contribution < -0.4 is 11.1 Å². The lowest BCUT2D eigenvalue weighted by molar-refractivity contribution is 0.0386. The molecule has 0 aliphatic carbocycles. The van der Waals surface area contributed by atoms with Gasteiger partial charge in [-0.25, -0.2) is 0 Å². The molecule has 0 rings (SSSR count). The molecule has 3 nitrogen and oxygen atoms in total. The third kappa shape index (κ3) is 4.21. The van der Waals surface area contributed by atoms with E-state index in [1.54, 1.807) is 7.11 Å². The van der Waals surface area contributed by atoms with Gasteiger partial charge in [-0.1, -0.05) is 19.3 Å². The van der Waals surface area contributed by atoms with E-state index in [-0.39, 0.29) is 17.7 Å². The van der Waals surface area contributed by atoms with Crippen molar-refractivity contribution in [2.75, 3.05) is 13.7 Å². The van der Waals surface area contributed by atoms with Crippen molar-refractivity contribution in [3.63, 3.8) is 0 Å². The van der Waals surface area contributed by atoms with Crippen LogP contribution in [-0.2, 0) is 4.74 Å². The van der Waals surface area contributed by atoms with Crippen LogP contribution in [-0.4, -0.2) is 31.3 Å². The molecule has 0 saturated heterocycles. The van der Waals surface area contributed by atoms with Crippen LogP contribution in [0.2, 0.25) is 0 Å². The summed E-state index contributed by atoms with van der Waals surface area (Å²) in [6.07, 6.45) is 7.53. The minimum atomic E-state index is -0.263. The van der Waals surface area contributed by atoms with Gasteiger partial charge in [0.1, 0.15) is 0 Å². The van der Waals surface area contributed by atoms with Crippen LogP contribution in [0.5, 0.6) is 0 Å². The topological polar surface area (TPSA) is 47.3 Å². The Labute approximate surface area is 93.8 Å². The van der Waals surface area contributed by atoms with Gasteiger partial charge in [0.05, 0.1) is 17.7 Å². The highest BCUT2D eigenvalue weighted by molar-refractivity contribution is 5.04. The van der Waals surface area contributed by atoms with Crippen molar-refractivity contribution in [3.8, 4) is 12.3 Å². The fourth-order valence-electron chi connectivity index (χ4n) is 1.49. The molecule has 0 heterocycles. The molecule has 3 unspecified atom stereocenters. The highest BCUT2D eigenvalue weighted by atomic mass is 16.5. The largest absolute Gasteiger partial charge is 0.380 e. The van der Waals surface area contributed by atoms with Gasteiger partial charge in [0.25, 0.3) is 0 Å². The molecule has 0 aromatic heterocycles. The predicted molar refractivity (Wildman–Crippen MR) is 64.6 cm³/mol. The van der Waals surface area contributed by atoms with Crippen LogP contribution in [0.1, 0.15) is 33.6 Å². The molecule has 3 N–H and O–H groups in total. The monoisotopic (exact) mass is 212 g/mol. The maximum Gasteiger partial charge on any atom is 0.0734 e. The first-order valence-electron chi connectivity index (χ1n) is 5.50. The third-order valence-electron chi connectivity index (χ3n) is 2.96. The van der Waals surface area contributed by atoms with Gasteiger partial charge in [0, 0.05) is 13.7 Å². The van der Waals surface area contributed by atoms with Crippen molar-refractivity contribution in [1.29, 1.82) is 0 Å². The van der Waals surface area contributed by atoms with Gasteiger partial charge < -0.3 is 10.5 Å². The highest BCUT2D eigenvalue weighted by Gasteiger charge is 2.31. The Bertz CT molecular complexity index is 212. The summed E-state index contributed by atoms with van der Waals surface area (Å²) in [5.74, 6) is 2.75. The molecule has 0 saturated carbocycles. The molecule has 0 bridgehead atoms. The van der Waals surface area contributed by atoms with E-state index < -0.39 is 0 Å². The molecule has 0 spiro atoms. The summed E-state index contributed by atoms with van der Waals surface area (Å²) in [5, 5.41) is 3.40. The summed E-state index contributed by atoms with van der Waals surface area (Å²) in [4.78, 5) is 0. The van der Waals surface area contributed by atoms with Crippen LogP contribution in [0.15, 0.2) is 0 Å². The number of methoxy groups -OCH3 is 1. The van der Waals surface area contributed by atoms with E-state index in [1.807, 2.05) is 13.8 Å². The summed E-state index contributed by atoms with van der Waals surface area (Å²) >= 11 is 0. The SMILES string of the molecule is C#CC(CCC)NC(C)(CN)C(C)OC. The Morgan fingerprint density at radius 1 is 1.60 bits per heavy atom. The number of hydrogen-bond acceptors (Lipinski definition) is 3. The zero-order valence-corrected chi connectivity index (χ0v) is 10.3. The predicted octanol–water partition coefficient (Wildman–Crippen LogP) is 1.13. The van der Waals surface area contributed by atoms with Gasteiger partial charge >= 0.3 is 0 Å². The maximum atomic E-state index is 5.77. The first kappa shape index (κ1) is 14.4. The molecule has 0 aliphatic heterocycles. The second-order valence-corrected chi connectivity index (χ2v) is 4.15. The zero-order valence-electron chi connectivity index (χ0n) is 10.3. The van der Waals surface area contributed by atoms with Gasteiger partial charge in [0.15, 0.2) is 0 Å². The molecule has 0 radical (unpaired) electrons. The molecular weight excluding hydrogens is 188 g/mol. The summed E-state index contributed by atoms with van der Waals surface area (Å²) in [6.45, 7) is 6.66. The van der Waals surface area contributed by atoms with Gasteiger partial charge in [-0.2, -0.15) is 0 Å². The summed E-state index contributed by atoms with van der Waals surface area (Å²) in [5.41, 5.74) is 5.51. The lowest BCUT2D eigenvalue weighted by Crippen LogP contribution is -2.59. The van der Waals surface area contributed by atoms with Crippen molar-refractivity contribution in [3.05, 3.63) is 0 Å². The first-order chi connectivity index (χ1) is 7.03. The van der Waals surface area contributed by atoms with Crippen LogP contribution >= 0.6 is 0 Å². The molecule has 0 aliphatic rings. The smallest absolute Gasteiger partial charge is 0.0734 e. The summed E-state index contributed by atoms with van der Waals surface area (Å²) in [6, 6.07) is 0.0705. The fraction of sp³-hybridized carbons (Fsp3) is 0.833. The van der Waals surface area contributed by atoms with Crippen LogP contribution in [0, 0.1) is 12.3 Å². The maximum absolute atomic E-state index is 5.77. The Hall–Kier alpha value is -0.560. The van der Waals surface area contributed by atoms with E-state index in [2.05, 4.69) is 18.2 Å². The molecule has 88 valence electrons. The zero-order chi connectivity index (χ0) is 11.9. The van der Waals surface area contributed by atoms with E-state index in [0.717, 1.165) is 12.8 Å². The normalized spacial score (nSPS) is 18.9. The van der Waals surface area contributed by atoms with E-state index >= 15 is 0 Å². The molecule has 0 fully saturated rings. The Morgan fingerprint density at radius 2 is 2.20 bits per heavy atom. The van der Waals surface area contributed by atoms with Gasteiger partial charge in [0.2, 0.25) is 0 Å². The minimum Gasteiger partial charge on any atom is -0.380 e. The van der Waals surface area contributed by atoms with Crippen LogP contribution in [0.4, 0.5) is 0 Å². The molecular formula is C12H24N2O. The molecule has 3 atom stereocenters. The number of terminal acetylenes is 1. The number of nitrogens with one attached hydrogen (secondary N) is 1. The number of rotatable bonds is 7. The quantitative estimate of drug-likeness (QED) is 0.622. The van der Waals surface area contributed by atoms with Crippen LogP contribution in [0.25, 0.3) is 0 Å². The van der Waals surface area contributed by atoms with E-state index in [1.165, 1.54) is 0 Å². The van der Waals surface area contributed by atoms with Gasteiger partial charge in [-0.3, -0.25) is 5.32 Å². The standard InChI is InChI=1S/C12H24N2O/c1-6-8-11(7-2)14-12(4,9-13)10(3)15-5/h2,10-11,14H,6,8-9,13H2,1,3-5H3. The third-order valence-corrected chi connectivity index (χ3v) is 2.96. The van der Waals surface area contributed by atoms with E-state index in [4.69, 9.17) is 16.9 Å². The van der Waals surface area contributed by atoms with Crippen molar-refractivity contribution in [2.45, 2.75) is 51.3 Å².